The molecule has 0 bridgehead atoms. The van der Waals surface area contributed by atoms with Crippen molar-refractivity contribution in [3.63, 3.8) is 0 Å². The minimum absolute atomic E-state index is 0.503. The fraction of sp³-hybridized carbons (Fsp3) is 0.417. The van der Waals surface area contributed by atoms with E-state index in [0.717, 1.165) is 12.1 Å². The molecule has 1 saturated heterocycles. The Kier molecular flexibility index (Phi) is 4.26. The van der Waals surface area contributed by atoms with Crippen LogP contribution < -0.4 is 5.32 Å². The lowest BCUT2D eigenvalue weighted by Gasteiger charge is -2.29. The number of halogens is 3. The second kappa shape index (κ2) is 5.75. The number of nitrogens with zero attached hydrogens (tertiary/aromatic N) is 1. The van der Waals surface area contributed by atoms with E-state index in [1.165, 1.54) is 12.1 Å². The monoisotopic (exact) mass is 290 g/mol. The van der Waals surface area contributed by atoms with E-state index in [9.17, 15) is 13.2 Å². The standard InChI is InChI=1S/C12H13F3N2OS/c13-12(14,15)9-1-3-10(4-2-9)16-11(19)17-5-7-18-8-6-17/h1-4H,5-8H2,(H,16,19). The Balaban J connectivity index is 1.97. The summed E-state index contributed by atoms with van der Waals surface area (Å²) < 4.78 is 42.4. The van der Waals surface area contributed by atoms with Crippen molar-refractivity contribution in [1.82, 2.24) is 4.90 Å². The topological polar surface area (TPSA) is 24.5 Å². The summed E-state index contributed by atoms with van der Waals surface area (Å²) in [7, 11) is 0. The summed E-state index contributed by atoms with van der Waals surface area (Å²) in [5.74, 6) is 0. The number of hydrogen-bond acceptors (Lipinski definition) is 2. The maximum Gasteiger partial charge on any atom is 0.416 e. The summed E-state index contributed by atoms with van der Waals surface area (Å²) in [5.41, 5.74) is -0.125. The van der Waals surface area contributed by atoms with Gasteiger partial charge in [0.15, 0.2) is 5.11 Å². The Labute approximate surface area is 114 Å². The highest BCUT2D eigenvalue weighted by Crippen LogP contribution is 2.29. The summed E-state index contributed by atoms with van der Waals surface area (Å²) in [4.78, 5) is 1.93. The molecule has 0 spiro atoms. The number of morpholine rings is 1. The highest BCUT2D eigenvalue weighted by atomic mass is 32.1. The largest absolute Gasteiger partial charge is 0.416 e. The van der Waals surface area contributed by atoms with Crippen LogP contribution in [0.4, 0.5) is 18.9 Å². The SMILES string of the molecule is FC(F)(F)c1ccc(NC(=S)N2CCOCC2)cc1. The van der Waals surface area contributed by atoms with Gasteiger partial charge in [0.2, 0.25) is 0 Å². The van der Waals surface area contributed by atoms with Crippen LogP contribution in [0.1, 0.15) is 5.56 Å². The summed E-state index contributed by atoms with van der Waals surface area (Å²) in [6.07, 6.45) is -4.32. The van der Waals surface area contributed by atoms with Gasteiger partial charge in [-0.2, -0.15) is 13.2 Å². The van der Waals surface area contributed by atoms with Crippen LogP contribution in [0, 0.1) is 0 Å². The Hall–Kier alpha value is -1.34. The maximum atomic E-state index is 12.4. The Morgan fingerprint density at radius 2 is 1.74 bits per heavy atom. The van der Waals surface area contributed by atoms with Crippen molar-refractivity contribution in [3.05, 3.63) is 29.8 Å². The summed E-state index contributed by atoms with van der Waals surface area (Å²) in [6, 6.07) is 4.81. The first-order valence-electron chi connectivity index (χ1n) is 5.78. The highest BCUT2D eigenvalue weighted by molar-refractivity contribution is 7.80. The van der Waals surface area contributed by atoms with Crippen LogP contribution in [0.5, 0.6) is 0 Å². The molecule has 0 radical (unpaired) electrons. The zero-order valence-corrected chi connectivity index (χ0v) is 10.9. The smallest absolute Gasteiger partial charge is 0.378 e. The van der Waals surface area contributed by atoms with Gasteiger partial charge < -0.3 is 15.0 Å². The van der Waals surface area contributed by atoms with Gasteiger partial charge in [-0.3, -0.25) is 0 Å². The number of nitrogens with one attached hydrogen (secondary N) is 1. The molecule has 1 aliphatic rings. The summed E-state index contributed by atoms with van der Waals surface area (Å²) in [6.45, 7) is 2.59. The first-order valence-corrected chi connectivity index (χ1v) is 6.18. The predicted octanol–water partition coefficient (Wildman–Crippen LogP) is 2.73. The molecule has 7 heteroatoms. The fourth-order valence-corrected chi connectivity index (χ4v) is 2.01. The van der Waals surface area contributed by atoms with Crippen LogP contribution in [0.2, 0.25) is 0 Å². The first-order chi connectivity index (χ1) is 8.97. The van der Waals surface area contributed by atoms with Crippen LogP contribution in [-0.2, 0) is 10.9 Å². The second-order valence-corrected chi connectivity index (χ2v) is 4.49. The van der Waals surface area contributed by atoms with E-state index in [1.807, 2.05) is 4.90 Å². The number of thiocarbonyl (C=S) groups is 1. The molecule has 1 aliphatic heterocycles. The summed E-state index contributed by atoms with van der Waals surface area (Å²) in [5, 5.41) is 3.43. The number of hydrogen-bond donors (Lipinski definition) is 1. The van der Waals surface area contributed by atoms with E-state index in [1.54, 1.807) is 0 Å². The summed E-state index contributed by atoms with van der Waals surface area (Å²) >= 11 is 5.20. The molecule has 1 fully saturated rings. The molecule has 0 aliphatic carbocycles. The molecule has 1 aromatic rings. The second-order valence-electron chi connectivity index (χ2n) is 4.10. The van der Waals surface area contributed by atoms with E-state index in [2.05, 4.69) is 5.32 Å². The maximum absolute atomic E-state index is 12.4. The molecule has 1 heterocycles. The molecule has 3 nitrogen and oxygen atoms in total. The molecule has 2 rings (SSSR count). The molecule has 19 heavy (non-hydrogen) atoms. The molecular weight excluding hydrogens is 277 g/mol. The lowest BCUT2D eigenvalue weighted by Crippen LogP contribution is -2.42. The molecule has 0 aromatic heterocycles. The van der Waals surface area contributed by atoms with E-state index >= 15 is 0 Å². The minimum Gasteiger partial charge on any atom is -0.378 e. The van der Waals surface area contributed by atoms with Crippen molar-refractivity contribution in [2.45, 2.75) is 6.18 Å². The molecule has 1 aromatic carbocycles. The molecule has 104 valence electrons. The van der Waals surface area contributed by atoms with E-state index in [0.29, 0.717) is 37.1 Å². The van der Waals surface area contributed by atoms with Gasteiger partial charge in [-0.05, 0) is 36.5 Å². The molecule has 0 unspecified atom stereocenters. The third kappa shape index (κ3) is 3.81. The molecule has 0 atom stereocenters. The number of benzene rings is 1. The zero-order valence-electron chi connectivity index (χ0n) is 10.0. The minimum atomic E-state index is -4.32. The van der Waals surface area contributed by atoms with Crippen molar-refractivity contribution in [1.29, 1.82) is 0 Å². The predicted molar refractivity (Wildman–Crippen MR) is 70.1 cm³/mol. The van der Waals surface area contributed by atoms with Crippen molar-refractivity contribution >= 4 is 23.0 Å². The lowest BCUT2D eigenvalue weighted by molar-refractivity contribution is -0.137. The van der Waals surface area contributed by atoms with Crippen LogP contribution in [0.3, 0.4) is 0 Å². The van der Waals surface area contributed by atoms with Gasteiger partial charge >= 0.3 is 6.18 Å². The van der Waals surface area contributed by atoms with E-state index in [4.69, 9.17) is 17.0 Å². The Bertz CT molecular complexity index is 441. The normalized spacial score (nSPS) is 16.3. The van der Waals surface area contributed by atoms with Gasteiger partial charge in [0.25, 0.3) is 0 Å². The average Bonchev–Trinajstić information content (AvgIpc) is 2.39. The number of ether oxygens (including phenoxy) is 1. The van der Waals surface area contributed by atoms with E-state index < -0.39 is 11.7 Å². The molecular formula is C12H13F3N2OS. The van der Waals surface area contributed by atoms with Crippen molar-refractivity contribution in [2.75, 3.05) is 31.6 Å². The molecule has 0 amide bonds. The van der Waals surface area contributed by atoms with Crippen LogP contribution in [-0.4, -0.2) is 36.3 Å². The zero-order chi connectivity index (χ0) is 13.9. The lowest BCUT2D eigenvalue weighted by atomic mass is 10.2. The van der Waals surface area contributed by atoms with Gasteiger partial charge in [-0.15, -0.1) is 0 Å². The number of rotatable bonds is 1. The van der Waals surface area contributed by atoms with Gasteiger partial charge in [-0.25, -0.2) is 0 Å². The van der Waals surface area contributed by atoms with Gasteiger partial charge in [0, 0.05) is 18.8 Å². The Morgan fingerprint density at radius 1 is 1.16 bits per heavy atom. The van der Waals surface area contributed by atoms with Crippen LogP contribution >= 0.6 is 12.2 Å². The van der Waals surface area contributed by atoms with Crippen molar-refractivity contribution < 1.29 is 17.9 Å². The number of alkyl halides is 3. The number of anilines is 1. The molecule has 1 N–H and O–H groups in total. The average molecular weight is 290 g/mol. The quantitative estimate of drug-likeness (QED) is 0.804. The Morgan fingerprint density at radius 3 is 2.26 bits per heavy atom. The third-order valence-electron chi connectivity index (χ3n) is 2.76. The highest BCUT2D eigenvalue weighted by Gasteiger charge is 2.30. The third-order valence-corrected chi connectivity index (χ3v) is 3.12. The fourth-order valence-electron chi connectivity index (χ4n) is 1.71. The van der Waals surface area contributed by atoms with Crippen LogP contribution in [0.25, 0.3) is 0 Å². The van der Waals surface area contributed by atoms with Gasteiger partial charge in [-0.1, -0.05) is 0 Å². The van der Waals surface area contributed by atoms with Gasteiger partial charge in [0.1, 0.15) is 0 Å². The van der Waals surface area contributed by atoms with Crippen LogP contribution in [0.15, 0.2) is 24.3 Å². The molecule has 0 saturated carbocycles. The van der Waals surface area contributed by atoms with Crippen molar-refractivity contribution in [3.8, 4) is 0 Å². The van der Waals surface area contributed by atoms with Crippen molar-refractivity contribution in [2.24, 2.45) is 0 Å². The van der Waals surface area contributed by atoms with E-state index in [-0.39, 0.29) is 0 Å². The first kappa shape index (κ1) is 14.1. The van der Waals surface area contributed by atoms with Gasteiger partial charge in [0.05, 0.1) is 18.8 Å².